The lowest BCUT2D eigenvalue weighted by Gasteiger charge is -2.17. The van der Waals surface area contributed by atoms with Crippen LogP contribution in [0.25, 0.3) is 22.5 Å². The lowest BCUT2D eigenvalue weighted by molar-refractivity contribution is 0.0815. The standard InChI is InChI=1S/C20H13FO3/c1-10-7-11(2)16-14(8-10)18(22)19(23)17-15(9-24-20(16)17)12-3-5-13(21)6-4-12/h3-9H,1-2H3. The first-order valence-electron chi connectivity index (χ1n) is 7.55. The molecule has 0 radical (unpaired) electrons. The molecule has 1 aliphatic carbocycles. The monoisotopic (exact) mass is 320 g/mol. The number of aryl methyl sites for hydroxylation is 2. The van der Waals surface area contributed by atoms with Crippen molar-refractivity contribution < 1.29 is 18.4 Å². The predicted octanol–water partition coefficient (Wildman–Crippen LogP) is 4.75. The Morgan fingerprint density at radius 3 is 2.29 bits per heavy atom. The summed E-state index contributed by atoms with van der Waals surface area (Å²) >= 11 is 0. The molecule has 0 fully saturated rings. The molecule has 0 saturated carbocycles. The second kappa shape index (κ2) is 4.99. The normalized spacial score (nSPS) is 13.0. The molecule has 1 aromatic heterocycles. The van der Waals surface area contributed by atoms with Gasteiger partial charge in [-0.3, -0.25) is 9.59 Å². The van der Waals surface area contributed by atoms with Crippen molar-refractivity contribution in [1.82, 2.24) is 0 Å². The van der Waals surface area contributed by atoms with E-state index in [1.54, 1.807) is 18.2 Å². The van der Waals surface area contributed by atoms with Crippen molar-refractivity contribution in [3.8, 4) is 22.5 Å². The number of furan rings is 1. The second-order valence-electron chi connectivity index (χ2n) is 6.02. The van der Waals surface area contributed by atoms with Crippen molar-refractivity contribution in [2.45, 2.75) is 13.8 Å². The van der Waals surface area contributed by atoms with Crippen LogP contribution in [0, 0.1) is 19.7 Å². The van der Waals surface area contributed by atoms with Crippen LogP contribution in [0.15, 0.2) is 47.1 Å². The predicted molar refractivity (Wildman–Crippen MR) is 87.7 cm³/mol. The molecule has 0 spiro atoms. The van der Waals surface area contributed by atoms with E-state index < -0.39 is 11.6 Å². The summed E-state index contributed by atoms with van der Waals surface area (Å²) < 4.78 is 18.8. The highest BCUT2D eigenvalue weighted by molar-refractivity contribution is 6.53. The Hall–Kier alpha value is -3.01. The summed E-state index contributed by atoms with van der Waals surface area (Å²) in [6.07, 6.45) is 1.46. The summed E-state index contributed by atoms with van der Waals surface area (Å²) in [5.41, 5.74) is 4.24. The van der Waals surface area contributed by atoms with Crippen LogP contribution < -0.4 is 0 Å². The fraction of sp³-hybridized carbons (Fsp3) is 0.100. The first kappa shape index (κ1) is 14.6. The lowest BCUT2D eigenvalue weighted by atomic mass is 9.83. The summed E-state index contributed by atoms with van der Waals surface area (Å²) in [5, 5.41) is 0. The molecule has 4 rings (SSSR count). The maximum absolute atomic E-state index is 13.1. The zero-order chi connectivity index (χ0) is 17.0. The number of hydrogen-bond acceptors (Lipinski definition) is 3. The number of fused-ring (bicyclic) bond motifs is 3. The van der Waals surface area contributed by atoms with E-state index in [4.69, 9.17) is 4.42 Å². The van der Waals surface area contributed by atoms with Gasteiger partial charge in [-0.15, -0.1) is 0 Å². The fourth-order valence-electron chi connectivity index (χ4n) is 3.29. The molecule has 0 amide bonds. The Morgan fingerprint density at radius 1 is 0.875 bits per heavy atom. The largest absolute Gasteiger partial charge is 0.463 e. The molecule has 1 aliphatic rings. The molecule has 118 valence electrons. The van der Waals surface area contributed by atoms with Gasteiger partial charge < -0.3 is 4.42 Å². The summed E-state index contributed by atoms with van der Waals surface area (Å²) in [4.78, 5) is 25.2. The third-order valence-corrected chi connectivity index (χ3v) is 4.33. The lowest BCUT2D eigenvalue weighted by Crippen LogP contribution is -2.21. The molecule has 0 aliphatic heterocycles. The summed E-state index contributed by atoms with van der Waals surface area (Å²) in [5.74, 6) is -1.08. The molecule has 0 atom stereocenters. The van der Waals surface area contributed by atoms with Gasteiger partial charge in [-0.25, -0.2) is 4.39 Å². The van der Waals surface area contributed by atoms with Crippen LogP contribution >= 0.6 is 0 Å². The molecule has 3 aromatic rings. The minimum atomic E-state index is -0.587. The van der Waals surface area contributed by atoms with E-state index in [0.29, 0.717) is 28.0 Å². The molecule has 2 aromatic carbocycles. The van der Waals surface area contributed by atoms with Gasteiger partial charge in [0.05, 0.1) is 11.8 Å². The third-order valence-electron chi connectivity index (χ3n) is 4.33. The zero-order valence-electron chi connectivity index (χ0n) is 13.1. The van der Waals surface area contributed by atoms with Crippen molar-refractivity contribution in [2.24, 2.45) is 0 Å². The van der Waals surface area contributed by atoms with Gasteiger partial charge in [0.1, 0.15) is 11.6 Å². The maximum Gasteiger partial charge on any atom is 0.238 e. The highest BCUT2D eigenvalue weighted by Crippen LogP contribution is 2.42. The van der Waals surface area contributed by atoms with Gasteiger partial charge in [0.2, 0.25) is 11.6 Å². The Kier molecular flexibility index (Phi) is 3.03. The maximum atomic E-state index is 13.1. The molecule has 24 heavy (non-hydrogen) atoms. The van der Waals surface area contributed by atoms with Gasteiger partial charge in [-0.2, -0.15) is 0 Å². The Morgan fingerprint density at radius 2 is 1.58 bits per heavy atom. The minimum absolute atomic E-state index is 0.256. The fourth-order valence-corrected chi connectivity index (χ4v) is 3.29. The number of halogens is 1. The summed E-state index contributed by atoms with van der Waals surface area (Å²) in [7, 11) is 0. The van der Waals surface area contributed by atoms with Crippen molar-refractivity contribution in [3.63, 3.8) is 0 Å². The van der Waals surface area contributed by atoms with E-state index in [1.165, 1.54) is 18.4 Å². The van der Waals surface area contributed by atoms with Crippen LogP contribution in [0.2, 0.25) is 0 Å². The number of Topliss-reactive ketones (excluding diaryl/α,β-unsaturated/α-hetero) is 2. The van der Waals surface area contributed by atoms with Crippen LogP contribution in [0.5, 0.6) is 0 Å². The van der Waals surface area contributed by atoms with Gasteiger partial charge in [0.25, 0.3) is 0 Å². The number of carbonyl (C=O) groups is 2. The highest BCUT2D eigenvalue weighted by atomic mass is 19.1. The van der Waals surface area contributed by atoms with Gasteiger partial charge in [0, 0.05) is 16.7 Å². The van der Waals surface area contributed by atoms with Gasteiger partial charge >= 0.3 is 0 Å². The highest BCUT2D eigenvalue weighted by Gasteiger charge is 2.36. The van der Waals surface area contributed by atoms with Crippen LogP contribution in [0.3, 0.4) is 0 Å². The van der Waals surface area contributed by atoms with Crippen molar-refractivity contribution in [3.05, 3.63) is 70.7 Å². The van der Waals surface area contributed by atoms with Crippen LogP contribution in [0.1, 0.15) is 31.8 Å². The molecule has 4 heteroatoms. The molecule has 0 N–H and O–H groups in total. The molecule has 3 nitrogen and oxygen atoms in total. The van der Waals surface area contributed by atoms with Gasteiger partial charge in [-0.1, -0.05) is 23.8 Å². The number of hydrogen-bond donors (Lipinski definition) is 0. The first-order valence-corrected chi connectivity index (χ1v) is 7.55. The number of benzene rings is 2. The van der Waals surface area contributed by atoms with E-state index in [-0.39, 0.29) is 11.4 Å². The van der Waals surface area contributed by atoms with E-state index in [2.05, 4.69) is 0 Å². The third kappa shape index (κ3) is 1.96. The number of carbonyl (C=O) groups excluding carboxylic acids is 2. The topological polar surface area (TPSA) is 47.3 Å². The molecule has 0 bridgehead atoms. The quantitative estimate of drug-likeness (QED) is 0.608. The molecule has 0 saturated heterocycles. The van der Waals surface area contributed by atoms with Crippen molar-refractivity contribution in [1.29, 1.82) is 0 Å². The average Bonchev–Trinajstić information content (AvgIpc) is 2.97. The minimum Gasteiger partial charge on any atom is -0.463 e. The summed E-state index contributed by atoms with van der Waals surface area (Å²) in [6, 6.07) is 9.42. The van der Waals surface area contributed by atoms with E-state index in [0.717, 1.165) is 11.1 Å². The first-order chi connectivity index (χ1) is 11.5. The second-order valence-corrected chi connectivity index (χ2v) is 6.02. The number of ketones is 2. The van der Waals surface area contributed by atoms with Crippen LogP contribution in [-0.4, -0.2) is 11.6 Å². The Balaban J connectivity index is 2.01. The van der Waals surface area contributed by atoms with Crippen LogP contribution in [0.4, 0.5) is 4.39 Å². The van der Waals surface area contributed by atoms with E-state index in [9.17, 15) is 14.0 Å². The molecular weight excluding hydrogens is 307 g/mol. The van der Waals surface area contributed by atoms with Crippen molar-refractivity contribution in [2.75, 3.05) is 0 Å². The zero-order valence-corrected chi connectivity index (χ0v) is 13.1. The van der Waals surface area contributed by atoms with Crippen LogP contribution in [-0.2, 0) is 0 Å². The van der Waals surface area contributed by atoms with Gasteiger partial charge in [0.15, 0.2) is 0 Å². The Bertz CT molecular complexity index is 1010. The molecule has 1 heterocycles. The Labute approximate surface area is 137 Å². The van der Waals surface area contributed by atoms with E-state index >= 15 is 0 Å². The SMILES string of the molecule is Cc1cc(C)c2c(c1)C(=O)C(=O)c1c(-c3ccc(F)cc3)coc1-2. The number of rotatable bonds is 1. The van der Waals surface area contributed by atoms with Gasteiger partial charge in [-0.05, 0) is 43.2 Å². The molecular formula is C20H13FO3. The van der Waals surface area contributed by atoms with Crippen molar-refractivity contribution >= 4 is 11.6 Å². The molecule has 0 unspecified atom stereocenters. The van der Waals surface area contributed by atoms with E-state index in [1.807, 2.05) is 19.9 Å². The smallest absolute Gasteiger partial charge is 0.238 e. The summed E-state index contributed by atoms with van der Waals surface area (Å²) in [6.45, 7) is 3.77. The average molecular weight is 320 g/mol.